The molecule has 1 aliphatic rings. The lowest BCUT2D eigenvalue weighted by molar-refractivity contribution is 0.0514. The predicted molar refractivity (Wildman–Crippen MR) is 141 cm³/mol. The van der Waals surface area contributed by atoms with E-state index in [1.807, 2.05) is 48.7 Å². The van der Waals surface area contributed by atoms with Crippen molar-refractivity contribution in [2.75, 3.05) is 6.61 Å². The molecule has 2 aromatic heterocycles. The monoisotopic (exact) mass is 516 g/mol. The maximum atomic E-state index is 13.3. The van der Waals surface area contributed by atoms with Gasteiger partial charge in [0, 0.05) is 6.54 Å². The first-order valence-corrected chi connectivity index (χ1v) is 13.7. The number of nitrogens with zero attached hydrogens (tertiary/aromatic N) is 1. The van der Waals surface area contributed by atoms with Crippen LogP contribution in [0.1, 0.15) is 45.2 Å². The number of hydrogen-bond acceptors (Lipinski definition) is 5. The average molecular weight is 517 g/mol. The molecule has 0 amide bonds. The molecule has 1 N–H and O–H groups in total. The molecule has 5 rings (SSSR count). The summed E-state index contributed by atoms with van der Waals surface area (Å²) in [7, 11) is -4.00. The number of carbonyl (C=O) groups is 1. The van der Waals surface area contributed by atoms with Gasteiger partial charge in [0.15, 0.2) is 0 Å². The molecule has 2 heterocycles. The molecule has 2 aromatic carbocycles. The zero-order chi connectivity index (χ0) is 26.3. The van der Waals surface area contributed by atoms with Gasteiger partial charge in [-0.3, -0.25) is 4.79 Å². The number of nitrogens with one attached hydrogen (secondary N) is 1. The number of hydrogen-bond donors (Lipinski definition) is 1. The van der Waals surface area contributed by atoms with Crippen molar-refractivity contribution >= 4 is 15.8 Å². The van der Waals surface area contributed by atoms with Gasteiger partial charge in [-0.15, -0.1) is 0 Å². The quantitative estimate of drug-likeness (QED) is 0.377. The summed E-state index contributed by atoms with van der Waals surface area (Å²) < 4.78 is 33.8. The molecule has 1 aliphatic carbocycles. The third-order valence-electron chi connectivity index (χ3n) is 6.73. The lowest BCUT2D eigenvalue weighted by Crippen LogP contribution is -2.22. The molecule has 37 heavy (non-hydrogen) atoms. The number of H-pyrrole nitrogens is 1. The molecule has 0 fully saturated rings. The number of sulfone groups is 1. The predicted octanol–water partition coefficient (Wildman–Crippen LogP) is 4.62. The molecule has 4 aromatic rings. The molecule has 8 heteroatoms. The first-order valence-electron chi connectivity index (χ1n) is 12.2. The fourth-order valence-electron chi connectivity index (χ4n) is 4.78. The van der Waals surface area contributed by atoms with Gasteiger partial charge in [0.1, 0.15) is 10.6 Å². The Morgan fingerprint density at radius 1 is 0.946 bits per heavy atom. The van der Waals surface area contributed by atoms with Gasteiger partial charge in [-0.1, -0.05) is 47.5 Å². The zero-order valence-electron chi connectivity index (χ0n) is 21.0. The highest BCUT2D eigenvalue weighted by Crippen LogP contribution is 2.36. The number of aromatic amines is 1. The van der Waals surface area contributed by atoms with Gasteiger partial charge >= 0.3 is 5.97 Å². The number of aryl methyl sites for hydroxylation is 4. The van der Waals surface area contributed by atoms with E-state index in [2.05, 4.69) is 4.98 Å². The number of fused-ring (bicyclic) bond motifs is 3. The third kappa shape index (κ3) is 4.53. The van der Waals surface area contributed by atoms with Crippen LogP contribution in [0.15, 0.2) is 75.2 Å². The van der Waals surface area contributed by atoms with Crippen LogP contribution in [-0.4, -0.2) is 30.5 Å². The second-order valence-corrected chi connectivity index (χ2v) is 11.3. The first kappa shape index (κ1) is 24.8. The van der Waals surface area contributed by atoms with Crippen LogP contribution < -0.4 is 5.56 Å². The number of esters is 1. The molecular weight excluding hydrogens is 488 g/mol. The number of carbonyl (C=O) groups excluding carboxylic acids is 1. The number of aromatic nitrogens is 2. The average Bonchev–Trinajstić information content (AvgIpc) is 3.24. The van der Waals surface area contributed by atoms with Gasteiger partial charge in [0.05, 0.1) is 22.9 Å². The lowest BCUT2D eigenvalue weighted by atomic mass is 9.94. The van der Waals surface area contributed by atoms with E-state index < -0.39 is 21.4 Å². The second kappa shape index (κ2) is 9.52. The summed E-state index contributed by atoms with van der Waals surface area (Å²) in [5.74, 6) is -0.438. The lowest BCUT2D eigenvalue weighted by Gasteiger charge is -2.21. The van der Waals surface area contributed by atoms with Crippen molar-refractivity contribution in [1.82, 2.24) is 9.55 Å². The van der Waals surface area contributed by atoms with Crippen LogP contribution in [-0.2, 0) is 34.0 Å². The summed E-state index contributed by atoms with van der Waals surface area (Å²) in [4.78, 5) is 28.7. The van der Waals surface area contributed by atoms with Crippen molar-refractivity contribution in [3.8, 4) is 11.4 Å². The van der Waals surface area contributed by atoms with E-state index in [0.29, 0.717) is 36.5 Å². The molecule has 0 radical (unpaired) electrons. The molecular formula is C29H28N2O5S. The molecule has 0 aliphatic heterocycles. The van der Waals surface area contributed by atoms with Crippen molar-refractivity contribution in [3.63, 3.8) is 0 Å². The highest BCUT2D eigenvalue weighted by Gasteiger charge is 2.30. The highest BCUT2D eigenvalue weighted by atomic mass is 32.2. The maximum Gasteiger partial charge on any atom is 0.354 e. The summed E-state index contributed by atoms with van der Waals surface area (Å²) in [6.45, 7) is 6.28. The molecule has 0 spiro atoms. The molecule has 0 saturated carbocycles. The Morgan fingerprint density at radius 3 is 2.22 bits per heavy atom. The fraction of sp³-hybridized carbons (Fsp3) is 0.241. The number of ether oxygens (including phenoxy) is 1. The van der Waals surface area contributed by atoms with Crippen molar-refractivity contribution in [1.29, 1.82) is 0 Å². The van der Waals surface area contributed by atoms with E-state index in [-0.39, 0.29) is 16.4 Å². The van der Waals surface area contributed by atoms with E-state index in [0.717, 1.165) is 27.8 Å². The minimum Gasteiger partial charge on any atom is -0.461 e. The summed E-state index contributed by atoms with van der Waals surface area (Å²) in [6.07, 6.45) is 1.14. The Bertz CT molecular complexity index is 1660. The van der Waals surface area contributed by atoms with Crippen LogP contribution in [0.2, 0.25) is 0 Å². The van der Waals surface area contributed by atoms with Gasteiger partial charge in [0.2, 0.25) is 9.84 Å². The van der Waals surface area contributed by atoms with Crippen molar-refractivity contribution in [2.45, 2.75) is 49.9 Å². The molecule has 0 saturated heterocycles. The van der Waals surface area contributed by atoms with Gasteiger partial charge in [-0.25, -0.2) is 13.2 Å². The Kier molecular flexibility index (Phi) is 6.37. The van der Waals surface area contributed by atoms with Crippen LogP contribution in [0, 0.1) is 13.8 Å². The largest absolute Gasteiger partial charge is 0.461 e. The van der Waals surface area contributed by atoms with Crippen molar-refractivity contribution in [3.05, 3.63) is 105 Å². The summed E-state index contributed by atoms with van der Waals surface area (Å²) in [5, 5.41) is 0. The fourth-order valence-corrected chi connectivity index (χ4v) is 6.12. The Balaban J connectivity index is 1.66. The van der Waals surface area contributed by atoms with E-state index in [9.17, 15) is 18.0 Å². The molecule has 190 valence electrons. The number of rotatable bonds is 6. The Labute approximate surface area is 215 Å². The Morgan fingerprint density at radius 2 is 1.57 bits per heavy atom. The van der Waals surface area contributed by atoms with Crippen LogP contribution in [0.5, 0.6) is 0 Å². The topological polar surface area (TPSA) is 98.2 Å². The van der Waals surface area contributed by atoms with Gasteiger partial charge in [0.25, 0.3) is 5.56 Å². The summed E-state index contributed by atoms with van der Waals surface area (Å²) in [5.41, 5.74) is 5.63. The first-order chi connectivity index (χ1) is 17.7. The standard InChI is InChI=1S/C29H28N2O5S/c1-4-36-29(33)24-15-22-12-11-21-16-25(37(34,35)23-13-7-19(3)8-14-23)28(32)30-26(21)27(22)31(24)17-20-9-5-18(2)6-10-20/h5-10,13-16H,4,11-12,17H2,1-3H3,(H,30,32). The third-order valence-corrected chi connectivity index (χ3v) is 8.51. The van der Waals surface area contributed by atoms with Crippen LogP contribution >= 0.6 is 0 Å². The number of benzene rings is 2. The minimum atomic E-state index is -4.00. The SMILES string of the molecule is CCOC(=O)c1cc2c(n1Cc1ccc(C)cc1)-c1[nH]c(=O)c(S(=O)(=O)c3ccc(C)cc3)cc1CC2. The Hall–Kier alpha value is -3.91. The van der Waals surface area contributed by atoms with Crippen molar-refractivity contribution in [2.24, 2.45) is 0 Å². The molecule has 7 nitrogen and oxygen atoms in total. The number of pyridine rings is 1. The maximum absolute atomic E-state index is 13.3. The van der Waals surface area contributed by atoms with E-state index in [1.165, 1.54) is 18.2 Å². The van der Waals surface area contributed by atoms with E-state index >= 15 is 0 Å². The molecule has 0 bridgehead atoms. The molecule has 0 atom stereocenters. The summed E-state index contributed by atoms with van der Waals surface area (Å²) >= 11 is 0. The van der Waals surface area contributed by atoms with Crippen molar-refractivity contribution < 1.29 is 17.9 Å². The van der Waals surface area contributed by atoms with Gasteiger partial charge in [-0.05, 0) is 74.6 Å². The van der Waals surface area contributed by atoms with Gasteiger partial charge < -0.3 is 14.3 Å². The van der Waals surface area contributed by atoms with Crippen LogP contribution in [0.3, 0.4) is 0 Å². The summed E-state index contributed by atoms with van der Waals surface area (Å²) in [6, 6.07) is 17.8. The van der Waals surface area contributed by atoms with Gasteiger partial charge in [-0.2, -0.15) is 0 Å². The van der Waals surface area contributed by atoms with E-state index in [1.54, 1.807) is 19.1 Å². The highest BCUT2D eigenvalue weighted by molar-refractivity contribution is 7.91. The zero-order valence-corrected chi connectivity index (χ0v) is 21.8. The normalized spacial score (nSPS) is 12.6. The smallest absolute Gasteiger partial charge is 0.354 e. The van der Waals surface area contributed by atoms with E-state index in [4.69, 9.17) is 4.74 Å². The van der Waals surface area contributed by atoms with Crippen LogP contribution in [0.4, 0.5) is 0 Å². The minimum absolute atomic E-state index is 0.0763. The molecule has 0 unspecified atom stereocenters. The van der Waals surface area contributed by atoms with Crippen LogP contribution in [0.25, 0.3) is 11.4 Å². The second-order valence-electron chi connectivity index (χ2n) is 9.38.